The lowest BCUT2D eigenvalue weighted by atomic mass is 9.94. The zero-order valence-electron chi connectivity index (χ0n) is 15.4. The highest BCUT2D eigenvalue weighted by Gasteiger charge is 2.25. The topological polar surface area (TPSA) is 33.7 Å². The summed E-state index contributed by atoms with van der Waals surface area (Å²) in [6, 6.07) is 6.91. The lowest BCUT2D eigenvalue weighted by Crippen LogP contribution is -2.33. The summed E-state index contributed by atoms with van der Waals surface area (Å²) in [7, 11) is 1.63. The van der Waals surface area contributed by atoms with E-state index in [0.717, 1.165) is 55.2 Å². The minimum atomic E-state index is -0.237. The van der Waals surface area contributed by atoms with Crippen molar-refractivity contribution in [3.05, 3.63) is 52.3 Å². The van der Waals surface area contributed by atoms with Gasteiger partial charge in [-0.25, -0.2) is 4.39 Å². The molecule has 2 aliphatic rings. The fourth-order valence-electron chi connectivity index (χ4n) is 4.13. The van der Waals surface area contributed by atoms with E-state index in [1.165, 1.54) is 22.8 Å². The van der Waals surface area contributed by atoms with Gasteiger partial charge in [0.2, 0.25) is 0 Å². The van der Waals surface area contributed by atoms with Crippen LogP contribution in [0.25, 0.3) is 0 Å². The van der Waals surface area contributed by atoms with E-state index in [0.29, 0.717) is 13.2 Å². The smallest absolute Gasteiger partial charge is 0.143 e. The quantitative estimate of drug-likeness (QED) is 0.916. The van der Waals surface area contributed by atoms with Crippen LogP contribution in [0.4, 0.5) is 10.1 Å². The Kier molecular flexibility index (Phi) is 4.72. The first kappa shape index (κ1) is 17.2. The minimum absolute atomic E-state index is 0.237. The molecule has 0 fully saturated rings. The number of fused-ring (bicyclic) bond motifs is 2. The van der Waals surface area contributed by atoms with Gasteiger partial charge in [0.25, 0.3) is 0 Å². The fraction of sp³-hybridized carbons (Fsp3) is 0.429. The van der Waals surface area contributed by atoms with Crippen molar-refractivity contribution >= 4 is 5.69 Å². The van der Waals surface area contributed by atoms with Gasteiger partial charge in [-0.2, -0.15) is 0 Å². The van der Waals surface area contributed by atoms with E-state index >= 15 is 0 Å². The lowest BCUT2D eigenvalue weighted by molar-refractivity contribution is 0.305. The third-order valence-electron chi connectivity index (χ3n) is 5.40. The molecule has 0 amide bonds. The molecule has 2 aromatic carbocycles. The SMILES string of the molecule is COc1ccc(F)cc1CN1CCOc2cc3c(c(C)c21)CCNCC3. The molecule has 0 unspecified atom stereocenters. The van der Waals surface area contributed by atoms with Crippen LogP contribution < -0.4 is 19.7 Å². The predicted molar refractivity (Wildman–Crippen MR) is 101 cm³/mol. The number of benzene rings is 2. The first-order valence-corrected chi connectivity index (χ1v) is 9.23. The van der Waals surface area contributed by atoms with Crippen LogP contribution in [0.2, 0.25) is 0 Å². The molecular formula is C21H25FN2O2. The van der Waals surface area contributed by atoms with Gasteiger partial charge in [-0.3, -0.25) is 0 Å². The van der Waals surface area contributed by atoms with Crippen molar-refractivity contribution in [1.82, 2.24) is 5.32 Å². The van der Waals surface area contributed by atoms with Crippen LogP contribution in [-0.4, -0.2) is 33.4 Å². The molecule has 5 heteroatoms. The molecule has 2 aliphatic heterocycles. The summed E-state index contributed by atoms with van der Waals surface area (Å²) in [5, 5.41) is 3.47. The van der Waals surface area contributed by atoms with E-state index in [2.05, 4.69) is 23.2 Å². The molecule has 26 heavy (non-hydrogen) atoms. The fourth-order valence-corrected chi connectivity index (χ4v) is 4.13. The van der Waals surface area contributed by atoms with Crippen molar-refractivity contribution in [3.8, 4) is 11.5 Å². The van der Waals surface area contributed by atoms with Gasteiger partial charge in [0.15, 0.2) is 0 Å². The number of ether oxygens (including phenoxy) is 2. The van der Waals surface area contributed by atoms with Gasteiger partial charge in [-0.1, -0.05) is 0 Å². The zero-order chi connectivity index (χ0) is 18.1. The normalized spacial score (nSPS) is 16.3. The molecule has 0 radical (unpaired) electrons. The first-order valence-electron chi connectivity index (χ1n) is 9.23. The maximum absolute atomic E-state index is 13.8. The van der Waals surface area contributed by atoms with Gasteiger partial charge in [-0.05, 0) is 73.8 Å². The molecule has 0 atom stereocenters. The Labute approximate surface area is 153 Å². The minimum Gasteiger partial charge on any atom is -0.496 e. The van der Waals surface area contributed by atoms with Gasteiger partial charge in [0.05, 0.1) is 19.3 Å². The van der Waals surface area contributed by atoms with Crippen molar-refractivity contribution < 1.29 is 13.9 Å². The molecule has 138 valence electrons. The largest absolute Gasteiger partial charge is 0.496 e. The van der Waals surface area contributed by atoms with Crippen LogP contribution in [-0.2, 0) is 19.4 Å². The van der Waals surface area contributed by atoms with Gasteiger partial charge in [0.1, 0.15) is 23.9 Å². The zero-order valence-corrected chi connectivity index (χ0v) is 15.4. The Hall–Kier alpha value is -2.27. The lowest BCUT2D eigenvalue weighted by Gasteiger charge is -2.34. The molecule has 1 N–H and O–H groups in total. The van der Waals surface area contributed by atoms with Crippen molar-refractivity contribution in [2.75, 3.05) is 38.3 Å². The van der Waals surface area contributed by atoms with Crippen LogP contribution >= 0.6 is 0 Å². The van der Waals surface area contributed by atoms with Crippen LogP contribution in [0.15, 0.2) is 24.3 Å². The highest BCUT2D eigenvalue weighted by Crippen LogP contribution is 2.40. The van der Waals surface area contributed by atoms with E-state index in [9.17, 15) is 4.39 Å². The standard InChI is InChI=1S/C21H25FN2O2/c1-14-18-6-8-23-7-5-15(18)12-20-21(14)24(9-10-26-20)13-16-11-17(22)3-4-19(16)25-2/h3-4,11-12,23H,5-10,13H2,1-2H3. The third-order valence-corrected chi connectivity index (χ3v) is 5.40. The average molecular weight is 356 g/mol. The number of halogens is 1. The maximum Gasteiger partial charge on any atom is 0.143 e. The summed E-state index contributed by atoms with van der Waals surface area (Å²) < 4.78 is 25.2. The van der Waals surface area contributed by atoms with E-state index < -0.39 is 0 Å². The van der Waals surface area contributed by atoms with Gasteiger partial charge < -0.3 is 19.7 Å². The Balaban J connectivity index is 1.74. The Bertz CT molecular complexity index is 822. The number of methoxy groups -OCH3 is 1. The highest BCUT2D eigenvalue weighted by molar-refractivity contribution is 5.69. The summed E-state index contributed by atoms with van der Waals surface area (Å²) in [4.78, 5) is 2.30. The van der Waals surface area contributed by atoms with Gasteiger partial charge in [-0.15, -0.1) is 0 Å². The van der Waals surface area contributed by atoms with Crippen LogP contribution in [0.3, 0.4) is 0 Å². The number of nitrogens with one attached hydrogen (secondary N) is 1. The molecule has 4 nitrogen and oxygen atoms in total. The van der Waals surface area contributed by atoms with Crippen molar-refractivity contribution in [3.63, 3.8) is 0 Å². The average Bonchev–Trinajstić information content (AvgIpc) is 2.88. The van der Waals surface area contributed by atoms with Crippen molar-refractivity contribution in [1.29, 1.82) is 0 Å². The molecule has 0 saturated heterocycles. The molecule has 0 saturated carbocycles. The van der Waals surface area contributed by atoms with Crippen LogP contribution in [0.1, 0.15) is 22.3 Å². The van der Waals surface area contributed by atoms with Gasteiger partial charge in [0, 0.05) is 12.1 Å². The molecule has 4 rings (SSSR count). The molecule has 0 aromatic heterocycles. The van der Waals surface area contributed by atoms with Crippen LogP contribution in [0.5, 0.6) is 11.5 Å². The second-order valence-electron chi connectivity index (χ2n) is 6.96. The number of hydrogen-bond acceptors (Lipinski definition) is 4. The molecular weight excluding hydrogens is 331 g/mol. The van der Waals surface area contributed by atoms with E-state index in [-0.39, 0.29) is 5.82 Å². The van der Waals surface area contributed by atoms with Gasteiger partial charge >= 0.3 is 0 Å². The van der Waals surface area contributed by atoms with E-state index in [4.69, 9.17) is 9.47 Å². The van der Waals surface area contributed by atoms with E-state index in [1.807, 2.05) is 0 Å². The monoisotopic (exact) mass is 356 g/mol. The number of nitrogens with zero attached hydrogens (tertiary/aromatic N) is 1. The third kappa shape index (κ3) is 3.12. The van der Waals surface area contributed by atoms with Crippen molar-refractivity contribution in [2.24, 2.45) is 0 Å². The second kappa shape index (κ2) is 7.16. The highest BCUT2D eigenvalue weighted by atomic mass is 19.1. The number of anilines is 1. The first-order chi connectivity index (χ1) is 12.7. The summed E-state index contributed by atoms with van der Waals surface area (Å²) in [6.45, 7) is 6.23. The summed E-state index contributed by atoms with van der Waals surface area (Å²) in [5.74, 6) is 1.43. The Morgan fingerprint density at radius 1 is 1.23 bits per heavy atom. The molecule has 2 aromatic rings. The molecule has 0 bridgehead atoms. The number of rotatable bonds is 3. The second-order valence-corrected chi connectivity index (χ2v) is 6.96. The van der Waals surface area contributed by atoms with E-state index in [1.54, 1.807) is 19.2 Å². The van der Waals surface area contributed by atoms with Crippen molar-refractivity contribution in [2.45, 2.75) is 26.3 Å². The Morgan fingerprint density at radius 3 is 2.92 bits per heavy atom. The molecule has 2 heterocycles. The Morgan fingerprint density at radius 2 is 2.08 bits per heavy atom. The maximum atomic E-state index is 13.8. The summed E-state index contributed by atoms with van der Waals surface area (Å²) >= 11 is 0. The van der Waals surface area contributed by atoms with Crippen LogP contribution in [0, 0.1) is 12.7 Å². The summed E-state index contributed by atoms with van der Waals surface area (Å²) in [5.41, 5.74) is 6.10. The molecule has 0 aliphatic carbocycles. The number of hydrogen-bond donors (Lipinski definition) is 1. The predicted octanol–water partition coefficient (Wildman–Crippen LogP) is 3.23. The molecule has 0 spiro atoms. The summed E-state index contributed by atoms with van der Waals surface area (Å²) in [6.07, 6.45) is 2.07.